The van der Waals surface area contributed by atoms with Crippen molar-refractivity contribution in [3.05, 3.63) is 0 Å². The molecule has 4 nitrogen and oxygen atoms in total. The topological polar surface area (TPSA) is 52.7 Å². The largest absolute Gasteiger partial charge is 0.396 e. The molecule has 0 saturated carbocycles. The smallest absolute Gasteiger partial charge is 0.0446 e. The number of nitrogens with two attached hydrogens (primary N) is 1. The Morgan fingerprint density at radius 2 is 2.12 bits per heavy atom. The van der Waals surface area contributed by atoms with Gasteiger partial charge in [0.25, 0.3) is 0 Å². The van der Waals surface area contributed by atoms with E-state index in [0.717, 1.165) is 32.7 Å². The third kappa shape index (κ3) is 4.01. The van der Waals surface area contributed by atoms with Crippen LogP contribution in [0.2, 0.25) is 0 Å². The van der Waals surface area contributed by atoms with Crippen LogP contribution >= 0.6 is 0 Å². The monoisotopic (exact) mass is 229 g/mol. The first kappa shape index (κ1) is 13.9. The van der Waals surface area contributed by atoms with Gasteiger partial charge in [-0.15, -0.1) is 0 Å². The van der Waals surface area contributed by atoms with Crippen molar-refractivity contribution >= 4 is 0 Å². The molecular formula is C12H27N3O. The van der Waals surface area contributed by atoms with Gasteiger partial charge in [0.15, 0.2) is 0 Å². The first-order chi connectivity index (χ1) is 7.71. The zero-order valence-corrected chi connectivity index (χ0v) is 10.7. The van der Waals surface area contributed by atoms with E-state index in [0.29, 0.717) is 12.5 Å². The van der Waals surface area contributed by atoms with E-state index in [-0.39, 0.29) is 12.6 Å². The van der Waals surface area contributed by atoms with Crippen molar-refractivity contribution < 1.29 is 5.11 Å². The summed E-state index contributed by atoms with van der Waals surface area (Å²) in [6.07, 6.45) is 1.97. The number of hydrogen-bond acceptors (Lipinski definition) is 4. The van der Waals surface area contributed by atoms with E-state index in [9.17, 15) is 0 Å². The molecule has 0 amide bonds. The minimum absolute atomic E-state index is 0.125. The van der Waals surface area contributed by atoms with Crippen molar-refractivity contribution in [1.29, 1.82) is 0 Å². The van der Waals surface area contributed by atoms with Gasteiger partial charge in [0.1, 0.15) is 0 Å². The molecule has 4 heteroatoms. The molecule has 0 aromatic rings. The summed E-state index contributed by atoms with van der Waals surface area (Å²) >= 11 is 0. The van der Waals surface area contributed by atoms with E-state index in [1.807, 2.05) is 0 Å². The van der Waals surface area contributed by atoms with Gasteiger partial charge in [-0.05, 0) is 32.5 Å². The zero-order chi connectivity index (χ0) is 12.0. The van der Waals surface area contributed by atoms with Gasteiger partial charge in [-0.3, -0.25) is 4.90 Å². The number of likely N-dealkylation sites (N-methyl/N-ethyl adjacent to an activating group) is 1. The molecule has 96 valence electrons. The molecule has 1 aliphatic heterocycles. The van der Waals surface area contributed by atoms with E-state index < -0.39 is 0 Å². The molecule has 2 atom stereocenters. The second-order valence-corrected chi connectivity index (χ2v) is 4.70. The molecule has 2 unspecified atom stereocenters. The molecule has 3 N–H and O–H groups in total. The maximum atomic E-state index is 8.82. The Kier molecular flexibility index (Phi) is 6.28. The molecule has 1 saturated heterocycles. The molecule has 1 fully saturated rings. The average Bonchev–Trinajstić information content (AvgIpc) is 2.68. The molecular weight excluding hydrogens is 202 g/mol. The Hall–Kier alpha value is -0.160. The van der Waals surface area contributed by atoms with Gasteiger partial charge in [-0.1, -0.05) is 13.8 Å². The minimum Gasteiger partial charge on any atom is -0.396 e. The Balaban J connectivity index is 2.29. The van der Waals surface area contributed by atoms with Crippen LogP contribution < -0.4 is 5.73 Å². The van der Waals surface area contributed by atoms with Crippen LogP contribution in [0.4, 0.5) is 0 Å². The van der Waals surface area contributed by atoms with Gasteiger partial charge >= 0.3 is 0 Å². The Morgan fingerprint density at radius 1 is 1.44 bits per heavy atom. The summed E-state index contributed by atoms with van der Waals surface area (Å²) in [6.45, 7) is 10.1. The summed E-state index contributed by atoms with van der Waals surface area (Å²) in [6, 6.07) is 0.830. The first-order valence-corrected chi connectivity index (χ1v) is 6.54. The van der Waals surface area contributed by atoms with Crippen LogP contribution in [0.15, 0.2) is 0 Å². The lowest BCUT2D eigenvalue weighted by molar-refractivity contribution is 0.202. The molecule has 0 spiro atoms. The summed E-state index contributed by atoms with van der Waals surface area (Å²) in [5.41, 5.74) is 5.94. The van der Waals surface area contributed by atoms with Crippen LogP contribution in [0, 0.1) is 0 Å². The highest BCUT2D eigenvalue weighted by Crippen LogP contribution is 2.15. The fourth-order valence-corrected chi connectivity index (χ4v) is 2.60. The van der Waals surface area contributed by atoms with Gasteiger partial charge in [0.2, 0.25) is 0 Å². The molecule has 0 radical (unpaired) electrons. The highest BCUT2D eigenvalue weighted by atomic mass is 16.3. The fourth-order valence-electron chi connectivity index (χ4n) is 2.60. The predicted octanol–water partition coefficient (Wildman–Crippen LogP) is 0.112. The van der Waals surface area contributed by atoms with E-state index in [4.69, 9.17) is 10.8 Å². The highest BCUT2D eigenvalue weighted by Gasteiger charge is 2.26. The number of likely N-dealkylation sites (tertiary alicyclic amines) is 1. The third-order valence-corrected chi connectivity index (χ3v) is 3.57. The van der Waals surface area contributed by atoms with Gasteiger partial charge < -0.3 is 15.7 Å². The maximum Gasteiger partial charge on any atom is 0.0446 e. The predicted molar refractivity (Wildman–Crippen MR) is 67.4 cm³/mol. The number of hydrogen-bond donors (Lipinski definition) is 2. The molecule has 1 heterocycles. The van der Waals surface area contributed by atoms with Crippen LogP contribution in [-0.4, -0.2) is 66.3 Å². The third-order valence-electron chi connectivity index (χ3n) is 3.57. The van der Waals surface area contributed by atoms with E-state index >= 15 is 0 Å². The van der Waals surface area contributed by atoms with Crippen LogP contribution in [0.5, 0.6) is 0 Å². The molecule has 0 aromatic heterocycles. The van der Waals surface area contributed by atoms with Crippen LogP contribution in [0.3, 0.4) is 0 Å². The van der Waals surface area contributed by atoms with Crippen molar-refractivity contribution in [3.8, 4) is 0 Å². The SMILES string of the molecule is CCN(CC)C1CCN(CC(N)CCO)C1. The summed E-state index contributed by atoms with van der Waals surface area (Å²) in [4.78, 5) is 4.96. The quantitative estimate of drug-likeness (QED) is 0.651. The summed E-state index contributed by atoms with van der Waals surface area (Å²) in [7, 11) is 0. The summed E-state index contributed by atoms with van der Waals surface area (Å²) in [5.74, 6) is 0. The van der Waals surface area contributed by atoms with Gasteiger partial charge in [-0.25, -0.2) is 0 Å². The van der Waals surface area contributed by atoms with Gasteiger partial charge in [0, 0.05) is 31.8 Å². The second kappa shape index (κ2) is 7.22. The first-order valence-electron chi connectivity index (χ1n) is 6.54. The summed E-state index contributed by atoms with van der Waals surface area (Å²) < 4.78 is 0. The maximum absolute atomic E-state index is 8.82. The van der Waals surface area contributed by atoms with Crippen molar-refractivity contribution in [3.63, 3.8) is 0 Å². The zero-order valence-electron chi connectivity index (χ0n) is 10.7. The Morgan fingerprint density at radius 3 is 2.69 bits per heavy atom. The van der Waals surface area contributed by atoms with Crippen molar-refractivity contribution in [2.75, 3.05) is 39.3 Å². The number of nitrogens with zero attached hydrogens (tertiary/aromatic N) is 2. The van der Waals surface area contributed by atoms with Crippen LogP contribution in [0.25, 0.3) is 0 Å². The summed E-state index contributed by atoms with van der Waals surface area (Å²) in [5, 5.41) is 8.82. The van der Waals surface area contributed by atoms with Crippen LogP contribution in [-0.2, 0) is 0 Å². The minimum atomic E-state index is 0.125. The van der Waals surface area contributed by atoms with Crippen molar-refractivity contribution in [1.82, 2.24) is 9.80 Å². The molecule has 1 aliphatic rings. The highest BCUT2D eigenvalue weighted by molar-refractivity contribution is 4.84. The standard InChI is InChI=1S/C12H27N3O/c1-3-15(4-2)12-5-7-14(10-12)9-11(13)6-8-16/h11-12,16H,3-10,13H2,1-2H3. The van der Waals surface area contributed by atoms with Gasteiger partial charge in [-0.2, -0.15) is 0 Å². The number of rotatable bonds is 7. The molecule has 0 aliphatic carbocycles. The molecule has 16 heavy (non-hydrogen) atoms. The van der Waals surface area contributed by atoms with Gasteiger partial charge in [0.05, 0.1) is 0 Å². The van der Waals surface area contributed by atoms with E-state index in [2.05, 4.69) is 23.6 Å². The van der Waals surface area contributed by atoms with E-state index in [1.165, 1.54) is 6.42 Å². The van der Waals surface area contributed by atoms with E-state index in [1.54, 1.807) is 0 Å². The number of aliphatic hydroxyl groups excluding tert-OH is 1. The molecule has 0 aromatic carbocycles. The lowest BCUT2D eigenvalue weighted by atomic mass is 10.2. The lowest BCUT2D eigenvalue weighted by Gasteiger charge is -2.26. The Bertz CT molecular complexity index is 185. The lowest BCUT2D eigenvalue weighted by Crippen LogP contribution is -2.40. The normalized spacial score (nSPS) is 24.2. The average molecular weight is 229 g/mol. The van der Waals surface area contributed by atoms with Crippen molar-refractivity contribution in [2.45, 2.75) is 38.8 Å². The molecule has 0 bridgehead atoms. The fraction of sp³-hybridized carbons (Fsp3) is 1.00. The molecule has 1 rings (SSSR count). The number of aliphatic hydroxyl groups is 1. The van der Waals surface area contributed by atoms with Crippen molar-refractivity contribution in [2.24, 2.45) is 5.73 Å². The van der Waals surface area contributed by atoms with Crippen LogP contribution in [0.1, 0.15) is 26.7 Å². The second-order valence-electron chi connectivity index (χ2n) is 4.70. The Labute approximate surface area is 99.4 Å².